The lowest BCUT2D eigenvalue weighted by molar-refractivity contribution is -0.385. The average Bonchev–Trinajstić information content (AvgIpc) is 2.68. The Hall–Kier alpha value is -2.39. The maximum absolute atomic E-state index is 13.2. The molecule has 1 N–H and O–H groups in total. The number of ether oxygens (including phenoxy) is 2. The SMILES string of the molecule is CCOC(CNCc1ccc(C(=O)c2ccc(F)cc2Cl)cc1[N+](=O)[O-])OCC. The molecule has 156 valence electrons. The number of halogens is 2. The first-order valence-electron chi connectivity index (χ1n) is 9.08. The lowest BCUT2D eigenvalue weighted by Crippen LogP contribution is -2.31. The molecule has 29 heavy (non-hydrogen) atoms. The Morgan fingerprint density at radius 3 is 2.48 bits per heavy atom. The molecule has 0 aliphatic carbocycles. The summed E-state index contributed by atoms with van der Waals surface area (Å²) in [6.45, 7) is 5.20. The van der Waals surface area contributed by atoms with Gasteiger partial charge in [0.1, 0.15) is 5.82 Å². The summed E-state index contributed by atoms with van der Waals surface area (Å²) in [7, 11) is 0. The number of benzene rings is 2. The summed E-state index contributed by atoms with van der Waals surface area (Å²) in [5.74, 6) is -1.10. The van der Waals surface area contributed by atoms with E-state index in [-0.39, 0.29) is 28.4 Å². The van der Waals surface area contributed by atoms with Gasteiger partial charge in [-0.25, -0.2) is 4.39 Å². The number of carbonyl (C=O) groups is 1. The molecule has 0 heterocycles. The standard InChI is InChI=1S/C20H22ClFN2O5/c1-3-28-19(29-4-2)12-23-11-14-6-5-13(9-18(14)24(26)27)20(25)16-8-7-15(22)10-17(16)21/h5-10,19,23H,3-4,11-12H2,1-2H3. The molecule has 2 aromatic carbocycles. The van der Waals surface area contributed by atoms with Crippen LogP contribution in [0.5, 0.6) is 0 Å². The molecule has 0 bridgehead atoms. The smallest absolute Gasteiger partial charge is 0.274 e. The minimum atomic E-state index is -0.573. The molecule has 0 aliphatic rings. The number of nitro benzene ring substituents is 1. The van der Waals surface area contributed by atoms with E-state index in [1.54, 1.807) is 0 Å². The second-order valence-corrected chi connectivity index (χ2v) is 6.43. The van der Waals surface area contributed by atoms with Crippen LogP contribution in [0.25, 0.3) is 0 Å². The van der Waals surface area contributed by atoms with Gasteiger partial charge in [0.15, 0.2) is 12.1 Å². The van der Waals surface area contributed by atoms with Crippen molar-refractivity contribution in [3.63, 3.8) is 0 Å². The molecular formula is C20H22ClFN2O5. The first-order valence-corrected chi connectivity index (χ1v) is 9.46. The highest BCUT2D eigenvalue weighted by Crippen LogP contribution is 2.25. The van der Waals surface area contributed by atoms with E-state index in [4.69, 9.17) is 21.1 Å². The van der Waals surface area contributed by atoms with Crippen LogP contribution in [-0.2, 0) is 16.0 Å². The van der Waals surface area contributed by atoms with E-state index < -0.39 is 22.8 Å². The Morgan fingerprint density at radius 1 is 1.21 bits per heavy atom. The minimum Gasteiger partial charge on any atom is -0.352 e. The molecule has 0 amide bonds. The Balaban J connectivity index is 2.18. The van der Waals surface area contributed by atoms with Crippen LogP contribution in [0.4, 0.5) is 10.1 Å². The lowest BCUT2D eigenvalue weighted by atomic mass is 10.0. The molecule has 0 fully saturated rings. The van der Waals surface area contributed by atoms with Crippen molar-refractivity contribution >= 4 is 23.1 Å². The maximum Gasteiger partial charge on any atom is 0.274 e. The Kier molecular flexibility index (Phi) is 8.66. The van der Waals surface area contributed by atoms with Gasteiger partial charge in [-0.05, 0) is 32.0 Å². The average molecular weight is 425 g/mol. The van der Waals surface area contributed by atoms with E-state index in [0.717, 1.165) is 12.1 Å². The zero-order valence-corrected chi connectivity index (χ0v) is 16.9. The molecule has 0 aromatic heterocycles. The van der Waals surface area contributed by atoms with Crippen LogP contribution in [0.1, 0.15) is 35.3 Å². The summed E-state index contributed by atoms with van der Waals surface area (Å²) >= 11 is 5.93. The van der Waals surface area contributed by atoms with Gasteiger partial charge in [-0.1, -0.05) is 23.7 Å². The van der Waals surface area contributed by atoms with Crippen LogP contribution < -0.4 is 5.32 Å². The Morgan fingerprint density at radius 2 is 1.90 bits per heavy atom. The van der Waals surface area contributed by atoms with Gasteiger partial charge in [0.25, 0.3) is 5.69 Å². The summed E-state index contributed by atoms with van der Waals surface area (Å²) in [5, 5.41) is 14.5. The van der Waals surface area contributed by atoms with E-state index in [0.29, 0.717) is 25.3 Å². The lowest BCUT2D eigenvalue weighted by Gasteiger charge is -2.17. The highest BCUT2D eigenvalue weighted by atomic mass is 35.5. The van der Waals surface area contributed by atoms with Crippen LogP contribution in [0, 0.1) is 15.9 Å². The molecule has 0 saturated carbocycles. The second-order valence-electron chi connectivity index (χ2n) is 6.03. The van der Waals surface area contributed by atoms with Crippen molar-refractivity contribution in [2.45, 2.75) is 26.7 Å². The fraction of sp³-hybridized carbons (Fsp3) is 0.350. The summed E-state index contributed by atoms with van der Waals surface area (Å²) in [6.07, 6.45) is -0.453. The first-order chi connectivity index (χ1) is 13.9. The van der Waals surface area contributed by atoms with Gasteiger partial charge in [-0.3, -0.25) is 14.9 Å². The van der Waals surface area contributed by atoms with Gasteiger partial charge in [-0.2, -0.15) is 0 Å². The van der Waals surface area contributed by atoms with Crippen LogP contribution in [0.3, 0.4) is 0 Å². The van der Waals surface area contributed by atoms with Gasteiger partial charge in [0.05, 0.1) is 9.95 Å². The van der Waals surface area contributed by atoms with Crippen LogP contribution >= 0.6 is 11.6 Å². The summed E-state index contributed by atoms with van der Waals surface area (Å²) < 4.78 is 24.0. The third-order valence-electron chi connectivity index (χ3n) is 4.05. The third-order valence-corrected chi connectivity index (χ3v) is 4.36. The number of rotatable bonds is 11. The van der Waals surface area contributed by atoms with Crippen molar-refractivity contribution in [1.82, 2.24) is 5.32 Å². The highest BCUT2D eigenvalue weighted by Gasteiger charge is 2.20. The normalized spacial score (nSPS) is 11.1. The molecule has 2 rings (SSSR count). The quantitative estimate of drug-likeness (QED) is 0.253. The van der Waals surface area contributed by atoms with E-state index in [9.17, 15) is 19.3 Å². The van der Waals surface area contributed by atoms with E-state index in [2.05, 4.69) is 5.32 Å². The fourth-order valence-electron chi connectivity index (χ4n) is 2.72. The zero-order chi connectivity index (χ0) is 21.4. The van der Waals surface area contributed by atoms with Gasteiger partial charge in [-0.15, -0.1) is 0 Å². The van der Waals surface area contributed by atoms with Gasteiger partial charge in [0.2, 0.25) is 0 Å². The number of hydrogen-bond donors (Lipinski definition) is 1. The number of nitrogens with zero attached hydrogens (tertiary/aromatic N) is 1. The van der Waals surface area contributed by atoms with Crippen molar-refractivity contribution in [1.29, 1.82) is 0 Å². The number of carbonyl (C=O) groups excluding carboxylic acids is 1. The molecule has 0 atom stereocenters. The first kappa shape index (κ1) is 22.9. The third kappa shape index (κ3) is 6.30. The predicted octanol–water partition coefficient (Wildman–Crippen LogP) is 4.11. The van der Waals surface area contributed by atoms with Crippen LogP contribution in [-0.4, -0.2) is 36.8 Å². The molecular weight excluding hydrogens is 403 g/mol. The molecule has 0 aliphatic heterocycles. The number of nitrogens with one attached hydrogen (secondary N) is 1. The van der Waals surface area contributed by atoms with Crippen molar-refractivity contribution < 1.29 is 23.6 Å². The van der Waals surface area contributed by atoms with Gasteiger partial charge < -0.3 is 14.8 Å². The highest BCUT2D eigenvalue weighted by molar-refractivity contribution is 6.35. The molecule has 7 nitrogen and oxygen atoms in total. The maximum atomic E-state index is 13.2. The number of hydrogen-bond acceptors (Lipinski definition) is 6. The summed E-state index contributed by atoms with van der Waals surface area (Å²) in [6, 6.07) is 7.57. The summed E-state index contributed by atoms with van der Waals surface area (Å²) in [5.41, 5.74) is 0.370. The monoisotopic (exact) mass is 424 g/mol. The van der Waals surface area contributed by atoms with Crippen molar-refractivity contribution in [3.8, 4) is 0 Å². The van der Waals surface area contributed by atoms with Gasteiger partial charge >= 0.3 is 0 Å². The van der Waals surface area contributed by atoms with Crippen LogP contribution in [0.2, 0.25) is 5.02 Å². The van der Waals surface area contributed by atoms with Gasteiger partial charge in [0, 0.05) is 49.1 Å². The van der Waals surface area contributed by atoms with Crippen LogP contribution in [0.15, 0.2) is 36.4 Å². The fourth-order valence-corrected chi connectivity index (χ4v) is 2.97. The molecule has 0 unspecified atom stereocenters. The number of ketones is 1. The van der Waals surface area contributed by atoms with Crippen molar-refractivity contribution in [2.24, 2.45) is 0 Å². The van der Waals surface area contributed by atoms with Crippen molar-refractivity contribution in [3.05, 3.63) is 74.0 Å². The number of nitro groups is 1. The Bertz CT molecular complexity index is 872. The minimum absolute atomic E-state index is 0.0544. The Labute approximate surface area is 172 Å². The predicted molar refractivity (Wildman–Crippen MR) is 107 cm³/mol. The van der Waals surface area contributed by atoms with E-state index in [1.165, 1.54) is 24.3 Å². The van der Waals surface area contributed by atoms with E-state index in [1.807, 2.05) is 13.8 Å². The topological polar surface area (TPSA) is 90.7 Å². The molecule has 0 spiro atoms. The molecule has 2 aromatic rings. The zero-order valence-electron chi connectivity index (χ0n) is 16.1. The molecule has 9 heteroatoms. The molecule has 0 radical (unpaired) electrons. The van der Waals surface area contributed by atoms with E-state index >= 15 is 0 Å². The molecule has 0 saturated heterocycles. The second kappa shape index (κ2) is 11.0. The largest absolute Gasteiger partial charge is 0.352 e. The van der Waals surface area contributed by atoms with Crippen molar-refractivity contribution in [2.75, 3.05) is 19.8 Å². The summed E-state index contributed by atoms with van der Waals surface area (Å²) in [4.78, 5) is 23.6.